The van der Waals surface area contributed by atoms with Crippen molar-refractivity contribution in [1.82, 2.24) is 0 Å². The molecule has 0 saturated carbocycles. The molecule has 0 amide bonds. The van der Waals surface area contributed by atoms with E-state index in [-0.39, 0.29) is 18.0 Å². The van der Waals surface area contributed by atoms with E-state index in [1.54, 1.807) is 42.5 Å². The summed E-state index contributed by atoms with van der Waals surface area (Å²) in [5.74, 6) is -0.476. The van der Waals surface area contributed by atoms with Gasteiger partial charge < -0.3 is 0 Å². The van der Waals surface area contributed by atoms with Crippen LogP contribution in [0.4, 0.5) is 0 Å². The maximum Gasteiger partial charge on any atom is 0.172 e. The van der Waals surface area contributed by atoms with E-state index >= 15 is 0 Å². The van der Waals surface area contributed by atoms with Crippen molar-refractivity contribution < 1.29 is 9.59 Å². The monoisotopic (exact) mass is 336 g/mol. The number of carbonyl (C=O) groups excluding carboxylic acids is 2. The van der Waals surface area contributed by atoms with Crippen molar-refractivity contribution in [2.45, 2.75) is 6.42 Å². The fraction of sp³-hybridized carbons (Fsp3) is 0.0667. The number of rotatable bonds is 4. The molecule has 0 atom stereocenters. The lowest BCUT2D eigenvalue weighted by atomic mass is 10.0. The van der Waals surface area contributed by atoms with Crippen LogP contribution in [0.5, 0.6) is 0 Å². The van der Waals surface area contributed by atoms with Gasteiger partial charge in [0.05, 0.1) is 11.4 Å². The fourth-order valence-electron chi connectivity index (χ4n) is 1.68. The molecule has 0 aliphatic rings. The zero-order valence-corrected chi connectivity index (χ0v) is 12.2. The van der Waals surface area contributed by atoms with Gasteiger partial charge in [0.1, 0.15) is 0 Å². The molecule has 0 saturated heterocycles. The highest BCUT2D eigenvalue weighted by molar-refractivity contribution is 9.10. The normalized spacial score (nSPS) is 10.2. The van der Waals surface area contributed by atoms with E-state index in [0.29, 0.717) is 16.1 Å². The highest BCUT2D eigenvalue weighted by Crippen LogP contribution is 2.23. The van der Waals surface area contributed by atoms with E-state index in [1.165, 1.54) is 0 Å². The molecule has 0 aliphatic heterocycles. The lowest BCUT2D eigenvalue weighted by Gasteiger charge is -2.04. The van der Waals surface area contributed by atoms with Gasteiger partial charge in [0, 0.05) is 15.6 Å². The molecule has 0 aliphatic carbocycles. The summed E-state index contributed by atoms with van der Waals surface area (Å²) in [6.45, 7) is 0. The van der Waals surface area contributed by atoms with Gasteiger partial charge in [-0.2, -0.15) is 0 Å². The van der Waals surface area contributed by atoms with Crippen molar-refractivity contribution in [2.24, 2.45) is 0 Å². The van der Waals surface area contributed by atoms with Crippen molar-refractivity contribution in [3.05, 3.63) is 69.2 Å². The Morgan fingerprint density at radius 2 is 1.68 bits per heavy atom. The molecule has 0 radical (unpaired) electrons. The van der Waals surface area contributed by atoms with Crippen LogP contribution >= 0.6 is 27.5 Å². The van der Waals surface area contributed by atoms with Gasteiger partial charge in [-0.15, -0.1) is 0 Å². The van der Waals surface area contributed by atoms with Gasteiger partial charge in [0.2, 0.25) is 0 Å². The van der Waals surface area contributed by atoms with Gasteiger partial charge >= 0.3 is 0 Å². The maximum atomic E-state index is 12.0. The summed E-state index contributed by atoms with van der Waals surface area (Å²) < 4.78 is 0.795. The van der Waals surface area contributed by atoms with E-state index in [4.69, 9.17) is 11.6 Å². The zero-order valence-electron chi connectivity index (χ0n) is 9.90. The number of hydrogen-bond donors (Lipinski definition) is 0. The van der Waals surface area contributed by atoms with Gasteiger partial charge in [0.25, 0.3) is 0 Å². The Labute approximate surface area is 124 Å². The summed E-state index contributed by atoms with van der Waals surface area (Å²) in [6.07, 6.45) is -0.175. The first kappa shape index (κ1) is 14.0. The lowest BCUT2D eigenvalue weighted by Crippen LogP contribution is -2.09. The molecule has 2 nitrogen and oxygen atoms in total. The van der Waals surface area contributed by atoms with E-state index < -0.39 is 0 Å². The number of benzene rings is 2. The van der Waals surface area contributed by atoms with E-state index in [0.717, 1.165) is 4.47 Å². The molecule has 2 aromatic rings. The predicted octanol–water partition coefficient (Wildman–Crippen LogP) is 4.56. The average Bonchev–Trinajstić information content (AvgIpc) is 2.39. The van der Waals surface area contributed by atoms with Crippen molar-refractivity contribution in [2.75, 3.05) is 0 Å². The molecule has 0 aromatic heterocycles. The van der Waals surface area contributed by atoms with Crippen LogP contribution in [0.2, 0.25) is 5.02 Å². The summed E-state index contributed by atoms with van der Waals surface area (Å²) in [6, 6.07) is 13.7. The average molecular weight is 338 g/mol. The lowest BCUT2D eigenvalue weighted by molar-refractivity contribution is 0.0894. The van der Waals surface area contributed by atoms with Crippen LogP contribution < -0.4 is 0 Å². The molecule has 2 rings (SSSR count). The minimum atomic E-state index is -0.272. The van der Waals surface area contributed by atoms with Gasteiger partial charge in [-0.25, -0.2) is 0 Å². The molecule has 19 heavy (non-hydrogen) atoms. The van der Waals surface area contributed by atoms with Gasteiger partial charge in [-0.3, -0.25) is 9.59 Å². The van der Waals surface area contributed by atoms with Gasteiger partial charge in [-0.05, 0) is 18.2 Å². The summed E-state index contributed by atoms with van der Waals surface area (Å²) in [5, 5.41) is 0.347. The molecule has 0 heterocycles. The van der Waals surface area contributed by atoms with Crippen LogP contribution in [0.3, 0.4) is 0 Å². The van der Waals surface area contributed by atoms with Gasteiger partial charge in [-0.1, -0.05) is 57.9 Å². The zero-order chi connectivity index (χ0) is 13.8. The second-order valence-corrected chi connectivity index (χ2v) is 5.34. The number of Topliss-reactive ketones (excluding diaryl/α,β-unsaturated/α-hetero) is 2. The Morgan fingerprint density at radius 1 is 1.00 bits per heavy atom. The van der Waals surface area contributed by atoms with Crippen LogP contribution in [-0.2, 0) is 0 Å². The third-order valence-corrected chi connectivity index (χ3v) is 3.45. The quantitative estimate of drug-likeness (QED) is 0.605. The number of halogens is 2. The molecule has 0 N–H and O–H groups in total. The first-order valence-electron chi connectivity index (χ1n) is 5.64. The topological polar surface area (TPSA) is 34.1 Å². The largest absolute Gasteiger partial charge is 0.294 e. The Morgan fingerprint density at radius 3 is 2.32 bits per heavy atom. The third-order valence-electron chi connectivity index (χ3n) is 2.65. The van der Waals surface area contributed by atoms with Crippen LogP contribution in [-0.4, -0.2) is 11.6 Å². The molecule has 0 spiro atoms. The van der Waals surface area contributed by atoms with Crippen molar-refractivity contribution in [3.8, 4) is 0 Å². The Kier molecular flexibility index (Phi) is 4.51. The SMILES string of the molecule is O=C(CC(=O)c1ccc(Br)cc1Cl)c1ccccc1. The summed E-state index contributed by atoms with van der Waals surface area (Å²) in [5.41, 5.74) is 0.901. The highest BCUT2D eigenvalue weighted by Gasteiger charge is 2.16. The van der Waals surface area contributed by atoms with Crippen LogP contribution in [0.25, 0.3) is 0 Å². The first-order chi connectivity index (χ1) is 9.08. The molecule has 4 heteroatoms. The Hall–Kier alpha value is -1.45. The molecule has 2 aromatic carbocycles. The van der Waals surface area contributed by atoms with E-state index in [9.17, 15) is 9.59 Å². The maximum absolute atomic E-state index is 12.0. The Bertz CT molecular complexity index is 623. The molecular weight excluding hydrogens is 328 g/mol. The molecule has 0 fully saturated rings. The molecule has 0 unspecified atom stereocenters. The second kappa shape index (κ2) is 6.13. The van der Waals surface area contributed by atoms with Crippen LogP contribution in [0.15, 0.2) is 53.0 Å². The van der Waals surface area contributed by atoms with E-state index in [1.807, 2.05) is 6.07 Å². The van der Waals surface area contributed by atoms with Crippen molar-refractivity contribution in [1.29, 1.82) is 0 Å². The fourth-order valence-corrected chi connectivity index (χ4v) is 2.46. The van der Waals surface area contributed by atoms with Crippen molar-refractivity contribution in [3.63, 3.8) is 0 Å². The van der Waals surface area contributed by atoms with Gasteiger partial charge in [0.15, 0.2) is 11.6 Å². The minimum Gasteiger partial charge on any atom is -0.294 e. The van der Waals surface area contributed by atoms with E-state index in [2.05, 4.69) is 15.9 Å². The highest BCUT2D eigenvalue weighted by atomic mass is 79.9. The third kappa shape index (κ3) is 3.52. The summed E-state index contributed by atoms with van der Waals surface area (Å²) in [7, 11) is 0. The second-order valence-electron chi connectivity index (χ2n) is 4.01. The predicted molar refractivity (Wildman–Crippen MR) is 78.9 cm³/mol. The standard InChI is InChI=1S/C15H10BrClO2/c16-11-6-7-12(13(17)8-11)15(19)9-14(18)10-4-2-1-3-5-10/h1-8H,9H2. The minimum absolute atomic E-state index is 0.175. The summed E-state index contributed by atoms with van der Waals surface area (Å²) >= 11 is 9.26. The number of hydrogen-bond acceptors (Lipinski definition) is 2. The number of carbonyl (C=O) groups is 2. The number of ketones is 2. The first-order valence-corrected chi connectivity index (χ1v) is 6.81. The van der Waals surface area contributed by atoms with Crippen LogP contribution in [0.1, 0.15) is 27.1 Å². The van der Waals surface area contributed by atoms with Crippen molar-refractivity contribution >= 4 is 39.1 Å². The smallest absolute Gasteiger partial charge is 0.172 e. The Balaban J connectivity index is 2.15. The molecular formula is C15H10BrClO2. The summed E-state index contributed by atoms with van der Waals surface area (Å²) in [4.78, 5) is 24.0. The van der Waals surface area contributed by atoms with Crippen LogP contribution in [0, 0.1) is 0 Å². The molecule has 0 bridgehead atoms. The molecule has 96 valence electrons.